The highest BCUT2D eigenvalue weighted by atomic mass is 32.1. The average molecular weight is 756 g/mol. The van der Waals surface area contributed by atoms with Crippen molar-refractivity contribution in [1.82, 2.24) is 0 Å². The Bertz CT molecular complexity index is 1480. The van der Waals surface area contributed by atoms with Gasteiger partial charge in [0.25, 0.3) is 0 Å². The number of ether oxygens (including phenoxy) is 2. The number of thiophene rings is 2. The van der Waals surface area contributed by atoms with Crippen LogP contribution in [-0.2, 0) is 6.42 Å². The molecule has 0 atom stereocenters. The van der Waals surface area contributed by atoms with Crippen LogP contribution < -0.4 is 14.4 Å². The molecule has 0 saturated carbocycles. The van der Waals surface area contributed by atoms with Crippen molar-refractivity contribution in [2.45, 2.75) is 168 Å². The molecule has 3 heterocycles. The van der Waals surface area contributed by atoms with E-state index < -0.39 is 0 Å². The molecule has 0 radical (unpaired) electrons. The molecule has 0 fully saturated rings. The predicted octanol–water partition coefficient (Wildman–Crippen LogP) is 16.9. The summed E-state index contributed by atoms with van der Waals surface area (Å²) in [5, 5.41) is 4.49. The summed E-state index contributed by atoms with van der Waals surface area (Å²) in [4.78, 5) is 5.06. The minimum atomic E-state index is 0.738. The van der Waals surface area contributed by atoms with Crippen molar-refractivity contribution in [2.75, 3.05) is 18.1 Å². The van der Waals surface area contributed by atoms with E-state index in [1.165, 1.54) is 172 Å². The number of hydrogen-bond acceptors (Lipinski definition) is 5. The quantitative estimate of drug-likeness (QED) is 0.0475. The number of hydrogen-bond donors (Lipinski definition) is 0. The average Bonchev–Trinajstić information content (AvgIpc) is 3.85. The number of fused-ring (bicyclic) bond motifs is 5. The zero-order chi connectivity index (χ0) is 36.9. The van der Waals surface area contributed by atoms with Gasteiger partial charge in [0.2, 0.25) is 0 Å². The second-order valence-corrected chi connectivity index (χ2v) is 17.1. The molecule has 4 aromatic rings. The molecule has 3 nitrogen and oxygen atoms in total. The zero-order valence-electron chi connectivity index (χ0n) is 33.5. The summed E-state index contributed by atoms with van der Waals surface area (Å²) < 4.78 is 13.3. The van der Waals surface area contributed by atoms with Crippen LogP contribution in [0.3, 0.4) is 0 Å². The van der Waals surface area contributed by atoms with Crippen molar-refractivity contribution < 1.29 is 9.47 Å². The maximum absolute atomic E-state index is 6.65. The molecule has 0 amide bonds. The van der Waals surface area contributed by atoms with E-state index in [1.54, 1.807) is 0 Å². The van der Waals surface area contributed by atoms with Crippen molar-refractivity contribution in [3.63, 3.8) is 0 Å². The van der Waals surface area contributed by atoms with Gasteiger partial charge in [-0.15, -0.1) is 22.7 Å². The highest BCUT2D eigenvalue weighted by molar-refractivity contribution is 7.15. The Balaban J connectivity index is 1.28. The van der Waals surface area contributed by atoms with Crippen molar-refractivity contribution in [3.05, 3.63) is 64.9 Å². The molecular weight excluding hydrogens is 687 g/mol. The standard InChI is InChI=1S/C48H69NO2S2/c1-4-7-10-12-14-16-18-20-22-24-33-50-45-37-41-42(38-46(45)51-34-25-23-21-19-17-15-13-11-8-5-2)48-44(32-36-53-48)49(43-31-35-52-47(41)43)40-29-27-39(28-30-40)26-9-6-3/h27-32,35-38H,4-26,33-34H2,1-3H3. The molecule has 0 bridgehead atoms. The van der Waals surface area contributed by atoms with Gasteiger partial charge >= 0.3 is 0 Å². The fourth-order valence-electron chi connectivity index (χ4n) is 7.67. The zero-order valence-corrected chi connectivity index (χ0v) is 35.2. The first-order valence-electron chi connectivity index (χ1n) is 21.7. The number of benzene rings is 2. The molecule has 1 aliphatic rings. The monoisotopic (exact) mass is 755 g/mol. The largest absolute Gasteiger partial charge is 0.490 e. The van der Waals surface area contributed by atoms with Crippen LogP contribution >= 0.6 is 22.7 Å². The van der Waals surface area contributed by atoms with E-state index in [9.17, 15) is 0 Å². The Morgan fingerprint density at radius 2 is 0.849 bits per heavy atom. The summed E-state index contributed by atoms with van der Waals surface area (Å²) >= 11 is 3.66. The highest BCUT2D eigenvalue weighted by Crippen LogP contribution is 2.56. The number of aryl methyl sites for hydroxylation is 1. The van der Waals surface area contributed by atoms with E-state index in [2.05, 4.69) is 85.0 Å². The van der Waals surface area contributed by atoms with Crippen LogP contribution in [0, 0.1) is 0 Å². The maximum atomic E-state index is 6.65. The molecule has 290 valence electrons. The Morgan fingerprint density at radius 3 is 1.26 bits per heavy atom. The van der Waals surface area contributed by atoms with Crippen LogP contribution in [-0.4, -0.2) is 13.2 Å². The minimum Gasteiger partial charge on any atom is -0.490 e. The van der Waals surface area contributed by atoms with E-state index in [0.29, 0.717) is 0 Å². The third-order valence-electron chi connectivity index (χ3n) is 10.9. The predicted molar refractivity (Wildman–Crippen MR) is 235 cm³/mol. The number of anilines is 3. The molecule has 2 aromatic heterocycles. The van der Waals surface area contributed by atoms with Gasteiger partial charge in [0.1, 0.15) is 0 Å². The van der Waals surface area contributed by atoms with Crippen molar-refractivity contribution in [3.8, 4) is 32.4 Å². The van der Waals surface area contributed by atoms with E-state index >= 15 is 0 Å². The third kappa shape index (κ3) is 12.6. The Kier molecular flexibility index (Phi) is 18.7. The summed E-state index contributed by atoms with van der Waals surface area (Å²) in [6, 6.07) is 18.5. The van der Waals surface area contributed by atoms with Crippen molar-refractivity contribution in [2.24, 2.45) is 0 Å². The van der Waals surface area contributed by atoms with Crippen LogP contribution in [0.15, 0.2) is 59.3 Å². The number of nitrogens with zero attached hydrogens (tertiary/aromatic N) is 1. The van der Waals surface area contributed by atoms with Gasteiger partial charge in [-0.2, -0.15) is 0 Å². The second kappa shape index (κ2) is 23.9. The van der Waals surface area contributed by atoms with Gasteiger partial charge in [0.15, 0.2) is 11.5 Å². The first kappa shape index (κ1) is 41.4. The Morgan fingerprint density at radius 1 is 0.453 bits per heavy atom. The molecular formula is C48H69NO2S2. The first-order valence-corrected chi connectivity index (χ1v) is 23.5. The molecule has 0 aliphatic carbocycles. The minimum absolute atomic E-state index is 0.738. The molecule has 0 saturated heterocycles. The van der Waals surface area contributed by atoms with Crippen LogP contribution in [0.5, 0.6) is 11.5 Å². The van der Waals surface area contributed by atoms with Crippen molar-refractivity contribution >= 4 is 39.7 Å². The van der Waals surface area contributed by atoms with E-state index in [1.807, 2.05) is 22.7 Å². The third-order valence-corrected chi connectivity index (χ3v) is 12.7. The lowest BCUT2D eigenvalue weighted by molar-refractivity contribution is 0.258. The van der Waals surface area contributed by atoms with E-state index in [4.69, 9.17) is 9.47 Å². The molecule has 0 N–H and O–H groups in total. The molecule has 2 aromatic carbocycles. The Hall–Kier alpha value is -2.76. The lowest BCUT2D eigenvalue weighted by Gasteiger charge is -2.24. The van der Waals surface area contributed by atoms with Gasteiger partial charge in [-0.05, 0) is 78.4 Å². The van der Waals surface area contributed by atoms with Gasteiger partial charge < -0.3 is 14.4 Å². The summed E-state index contributed by atoms with van der Waals surface area (Å²) in [7, 11) is 0. The van der Waals surface area contributed by atoms with Crippen molar-refractivity contribution in [1.29, 1.82) is 0 Å². The number of unbranched alkanes of at least 4 members (excludes halogenated alkanes) is 19. The lowest BCUT2D eigenvalue weighted by Crippen LogP contribution is -2.08. The fraction of sp³-hybridized carbons (Fsp3) is 0.583. The molecule has 0 unspecified atom stereocenters. The summed E-state index contributed by atoms with van der Waals surface area (Å²) in [6.07, 6.45) is 30.1. The summed E-state index contributed by atoms with van der Waals surface area (Å²) in [5.41, 5.74) is 7.63. The molecule has 5 heteroatoms. The molecule has 5 rings (SSSR count). The normalized spacial score (nSPS) is 12.0. The van der Waals surface area contributed by atoms with Crippen LogP contribution in [0.4, 0.5) is 17.1 Å². The van der Waals surface area contributed by atoms with Crippen LogP contribution in [0.2, 0.25) is 0 Å². The van der Waals surface area contributed by atoms with Gasteiger partial charge in [-0.25, -0.2) is 0 Å². The first-order chi connectivity index (χ1) is 26.2. The van der Waals surface area contributed by atoms with E-state index in [-0.39, 0.29) is 0 Å². The van der Waals surface area contributed by atoms with Gasteiger partial charge in [-0.1, -0.05) is 155 Å². The summed E-state index contributed by atoms with van der Waals surface area (Å²) in [5.74, 6) is 1.80. The topological polar surface area (TPSA) is 21.7 Å². The van der Waals surface area contributed by atoms with Gasteiger partial charge in [-0.3, -0.25) is 0 Å². The van der Waals surface area contributed by atoms with Gasteiger partial charge in [0.05, 0.1) is 34.3 Å². The SMILES string of the molecule is CCCCCCCCCCCCOc1cc2c(cc1OCCCCCCCCCCCC)-c1sccc1N(c1ccc(CCCC)cc1)c1ccsc1-2. The van der Waals surface area contributed by atoms with Crippen LogP contribution in [0.1, 0.15) is 168 Å². The summed E-state index contributed by atoms with van der Waals surface area (Å²) in [6.45, 7) is 8.33. The smallest absolute Gasteiger partial charge is 0.161 e. The number of rotatable bonds is 28. The maximum Gasteiger partial charge on any atom is 0.161 e. The molecule has 53 heavy (non-hydrogen) atoms. The van der Waals surface area contributed by atoms with E-state index in [0.717, 1.165) is 44.0 Å². The van der Waals surface area contributed by atoms with Crippen LogP contribution in [0.25, 0.3) is 20.9 Å². The fourth-order valence-corrected chi connectivity index (χ4v) is 9.48. The molecule has 0 spiro atoms. The molecule has 1 aliphatic heterocycles. The lowest BCUT2D eigenvalue weighted by atomic mass is 10.0. The van der Waals surface area contributed by atoms with Gasteiger partial charge in [0, 0.05) is 16.8 Å². The highest BCUT2D eigenvalue weighted by Gasteiger charge is 2.29. The Labute approximate surface area is 331 Å². The second-order valence-electron chi connectivity index (χ2n) is 15.3.